The first-order valence-corrected chi connectivity index (χ1v) is 7.80. The number of phenolic OH excluding ortho intramolecular Hbond substituents is 1. The summed E-state index contributed by atoms with van der Waals surface area (Å²) in [6, 6.07) is 3.69. The lowest BCUT2D eigenvalue weighted by Gasteiger charge is -2.09. The Labute approximate surface area is 127 Å². The number of aromatic hydroxyl groups is 1. The Morgan fingerprint density at radius 1 is 1.10 bits per heavy atom. The number of oxime groups is 1. The highest BCUT2D eigenvalue weighted by Gasteiger charge is 2.09. The van der Waals surface area contributed by atoms with Gasteiger partial charge in [-0.2, -0.15) is 0 Å². The molecular formula is C17H27NO3. The normalized spacial score (nSPS) is 11.1. The van der Waals surface area contributed by atoms with Gasteiger partial charge in [-0.05, 0) is 30.5 Å². The molecule has 0 fully saturated rings. The Morgan fingerprint density at radius 2 is 1.76 bits per heavy atom. The zero-order valence-electron chi connectivity index (χ0n) is 13.1. The van der Waals surface area contributed by atoms with Crippen LogP contribution >= 0.6 is 0 Å². The van der Waals surface area contributed by atoms with Gasteiger partial charge in [-0.15, -0.1) is 0 Å². The number of hydrogen-bond acceptors (Lipinski definition) is 4. The number of nitrogens with zero attached hydrogens (tertiary/aromatic N) is 1. The van der Waals surface area contributed by atoms with E-state index in [1.165, 1.54) is 51.8 Å². The molecule has 1 rings (SSSR count). The summed E-state index contributed by atoms with van der Waals surface area (Å²) in [7, 11) is 1.52. The maximum absolute atomic E-state index is 9.91. The summed E-state index contributed by atoms with van der Waals surface area (Å²) in [5.74, 6) is 0.434. The van der Waals surface area contributed by atoms with E-state index in [4.69, 9.17) is 9.94 Å². The van der Waals surface area contributed by atoms with Gasteiger partial charge in [-0.3, -0.25) is 0 Å². The fourth-order valence-corrected chi connectivity index (χ4v) is 2.44. The minimum atomic E-state index is 0.0126. The first-order valence-electron chi connectivity index (χ1n) is 7.80. The molecule has 21 heavy (non-hydrogen) atoms. The van der Waals surface area contributed by atoms with Gasteiger partial charge < -0.3 is 15.1 Å². The van der Waals surface area contributed by atoms with Crippen molar-refractivity contribution in [2.75, 3.05) is 7.11 Å². The molecule has 2 N–H and O–H groups in total. The van der Waals surface area contributed by atoms with Crippen LogP contribution in [0.3, 0.4) is 0 Å². The Morgan fingerprint density at radius 3 is 2.38 bits per heavy atom. The smallest absolute Gasteiger partial charge is 0.166 e. The molecule has 1 aromatic rings. The molecule has 4 nitrogen and oxygen atoms in total. The summed E-state index contributed by atoms with van der Waals surface area (Å²) in [6.45, 7) is 2.23. The van der Waals surface area contributed by atoms with E-state index in [2.05, 4.69) is 12.1 Å². The van der Waals surface area contributed by atoms with Crippen LogP contribution in [0, 0.1) is 0 Å². The largest absolute Gasteiger partial charge is 0.504 e. The highest BCUT2D eigenvalue weighted by Crippen LogP contribution is 2.31. The average Bonchev–Trinajstić information content (AvgIpc) is 2.49. The number of rotatable bonds is 10. The maximum atomic E-state index is 9.91. The first kappa shape index (κ1) is 17.3. The second-order valence-corrected chi connectivity index (χ2v) is 5.35. The molecule has 0 aliphatic carbocycles. The standard InChI is InChI=1S/C17H27NO3/c1-3-4-5-6-7-8-9-10-14-11-15(13-18-20)17(19)16(12-14)21-2/h11-13,19-20H,3-10H2,1-2H3. The molecule has 0 aromatic heterocycles. The third-order valence-corrected chi connectivity index (χ3v) is 3.65. The number of methoxy groups -OCH3 is 1. The minimum Gasteiger partial charge on any atom is -0.504 e. The van der Waals surface area contributed by atoms with E-state index in [9.17, 15) is 5.11 Å². The monoisotopic (exact) mass is 293 g/mol. The highest BCUT2D eigenvalue weighted by atomic mass is 16.5. The Hall–Kier alpha value is -1.71. The fraction of sp³-hybridized carbons (Fsp3) is 0.588. The maximum Gasteiger partial charge on any atom is 0.166 e. The van der Waals surface area contributed by atoms with Crippen molar-refractivity contribution in [2.45, 2.75) is 58.3 Å². The lowest BCUT2D eigenvalue weighted by molar-refractivity contribution is 0.321. The topological polar surface area (TPSA) is 62.1 Å². The third kappa shape index (κ3) is 6.06. The van der Waals surface area contributed by atoms with Gasteiger partial charge in [0.15, 0.2) is 11.5 Å². The van der Waals surface area contributed by atoms with Crippen molar-refractivity contribution in [3.63, 3.8) is 0 Å². The molecular weight excluding hydrogens is 266 g/mol. The first-order chi connectivity index (χ1) is 10.2. The van der Waals surface area contributed by atoms with Crippen molar-refractivity contribution in [3.05, 3.63) is 23.3 Å². The van der Waals surface area contributed by atoms with E-state index in [1.807, 2.05) is 12.1 Å². The zero-order chi connectivity index (χ0) is 15.5. The highest BCUT2D eigenvalue weighted by molar-refractivity contribution is 5.84. The Kier molecular flexibility index (Phi) is 8.32. The second kappa shape index (κ2) is 10.1. The number of phenols is 1. The summed E-state index contributed by atoms with van der Waals surface area (Å²) >= 11 is 0. The van der Waals surface area contributed by atoms with Gasteiger partial charge in [0.05, 0.1) is 13.3 Å². The van der Waals surface area contributed by atoms with E-state index in [1.54, 1.807) is 0 Å². The predicted octanol–water partition coefficient (Wildman–Crippen LogP) is 4.50. The molecule has 0 atom stereocenters. The Balaban J connectivity index is 2.49. The van der Waals surface area contributed by atoms with Crippen LogP contribution in [0.5, 0.6) is 11.5 Å². The average molecular weight is 293 g/mol. The van der Waals surface area contributed by atoms with Gasteiger partial charge in [0.1, 0.15) is 0 Å². The zero-order valence-corrected chi connectivity index (χ0v) is 13.1. The summed E-state index contributed by atoms with van der Waals surface area (Å²) in [5, 5.41) is 21.5. The van der Waals surface area contributed by atoms with Gasteiger partial charge >= 0.3 is 0 Å². The van der Waals surface area contributed by atoms with Crippen molar-refractivity contribution in [1.82, 2.24) is 0 Å². The molecule has 0 amide bonds. The molecule has 118 valence electrons. The van der Waals surface area contributed by atoms with Gasteiger partial charge in [0.2, 0.25) is 0 Å². The molecule has 1 aromatic carbocycles. The van der Waals surface area contributed by atoms with E-state index in [-0.39, 0.29) is 5.75 Å². The van der Waals surface area contributed by atoms with Gasteiger partial charge in [0.25, 0.3) is 0 Å². The quantitative estimate of drug-likeness (QED) is 0.289. The molecule has 0 saturated carbocycles. The van der Waals surface area contributed by atoms with E-state index < -0.39 is 0 Å². The van der Waals surface area contributed by atoms with E-state index in [0.717, 1.165) is 18.4 Å². The molecule has 4 heteroatoms. The van der Waals surface area contributed by atoms with Crippen LogP contribution in [0.1, 0.15) is 63.0 Å². The van der Waals surface area contributed by atoms with Crippen LogP contribution in [0.25, 0.3) is 0 Å². The van der Waals surface area contributed by atoms with E-state index in [0.29, 0.717) is 11.3 Å². The van der Waals surface area contributed by atoms with Crippen LogP contribution in [-0.4, -0.2) is 23.6 Å². The number of aryl methyl sites for hydroxylation is 1. The number of benzene rings is 1. The van der Waals surface area contributed by atoms with Crippen LogP contribution in [-0.2, 0) is 6.42 Å². The lowest BCUT2D eigenvalue weighted by atomic mass is 10.0. The third-order valence-electron chi connectivity index (χ3n) is 3.65. The number of unbranched alkanes of at least 4 members (excludes halogenated alkanes) is 6. The second-order valence-electron chi connectivity index (χ2n) is 5.35. The lowest BCUT2D eigenvalue weighted by Crippen LogP contribution is -1.94. The predicted molar refractivity (Wildman–Crippen MR) is 85.7 cm³/mol. The number of hydrogen-bond donors (Lipinski definition) is 2. The van der Waals surface area contributed by atoms with Gasteiger partial charge in [-0.25, -0.2) is 0 Å². The van der Waals surface area contributed by atoms with Crippen LogP contribution in [0.2, 0.25) is 0 Å². The Bertz CT molecular complexity index is 444. The summed E-state index contributed by atoms with van der Waals surface area (Å²) in [4.78, 5) is 0. The van der Waals surface area contributed by atoms with E-state index >= 15 is 0 Å². The number of ether oxygens (including phenoxy) is 1. The SMILES string of the molecule is CCCCCCCCCc1cc(C=NO)c(O)c(OC)c1. The molecule has 0 heterocycles. The fourth-order valence-electron chi connectivity index (χ4n) is 2.44. The van der Waals surface area contributed by atoms with Crippen LogP contribution in [0.4, 0.5) is 0 Å². The van der Waals surface area contributed by atoms with Crippen molar-refractivity contribution >= 4 is 6.21 Å². The van der Waals surface area contributed by atoms with Crippen LogP contribution in [0.15, 0.2) is 17.3 Å². The van der Waals surface area contributed by atoms with Crippen molar-refractivity contribution in [1.29, 1.82) is 0 Å². The molecule has 0 radical (unpaired) electrons. The molecule has 0 spiro atoms. The molecule has 0 unspecified atom stereocenters. The van der Waals surface area contributed by atoms with Gasteiger partial charge in [0, 0.05) is 5.56 Å². The van der Waals surface area contributed by atoms with Crippen LogP contribution < -0.4 is 4.74 Å². The molecule has 0 bridgehead atoms. The van der Waals surface area contributed by atoms with Gasteiger partial charge in [-0.1, -0.05) is 50.6 Å². The summed E-state index contributed by atoms with van der Waals surface area (Å²) in [5.41, 5.74) is 1.57. The van der Waals surface area contributed by atoms with Crippen molar-refractivity contribution < 1.29 is 15.1 Å². The minimum absolute atomic E-state index is 0.0126. The van der Waals surface area contributed by atoms with Crippen molar-refractivity contribution in [2.24, 2.45) is 5.16 Å². The molecule has 0 aliphatic heterocycles. The van der Waals surface area contributed by atoms with Crippen molar-refractivity contribution in [3.8, 4) is 11.5 Å². The summed E-state index contributed by atoms with van der Waals surface area (Å²) < 4.78 is 5.15. The summed E-state index contributed by atoms with van der Waals surface area (Å²) in [6.07, 6.45) is 11.0. The molecule has 0 aliphatic rings. The molecule has 0 saturated heterocycles.